The van der Waals surface area contributed by atoms with Crippen LogP contribution in [0.4, 0.5) is 5.95 Å². The summed E-state index contributed by atoms with van der Waals surface area (Å²) in [6.07, 6.45) is 0. The summed E-state index contributed by atoms with van der Waals surface area (Å²) in [5.41, 5.74) is 1.81. The average molecular weight is 264 g/mol. The van der Waals surface area contributed by atoms with Crippen molar-refractivity contribution in [2.75, 3.05) is 25.6 Å². The molecule has 0 spiro atoms. The van der Waals surface area contributed by atoms with E-state index in [-0.39, 0.29) is 0 Å². The van der Waals surface area contributed by atoms with E-state index in [0.717, 1.165) is 11.3 Å². The number of hydrogen-bond donors (Lipinski definition) is 1. The molecule has 18 heavy (non-hydrogen) atoms. The van der Waals surface area contributed by atoms with Gasteiger partial charge in [-0.25, -0.2) is 9.97 Å². The molecule has 2 rings (SSSR count). The van der Waals surface area contributed by atoms with E-state index in [0.29, 0.717) is 24.3 Å². The molecular formula is C13H14ClN3O. The summed E-state index contributed by atoms with van der Waals surface area (Å²) >= 11 is 5.99. The normalized spacial score (nSPS) is 10.3. The van der Waals surface area contributed by atoms with Crippen LogP contribution in [0, 0.1) is 0 Å². The zero-order valence-corrected chi connectivity index (χ0v) is 10.8. The summed E-state index contributed by atoms with van der Waals surface area (Å²) in [6, 6.07) is 11.6. The highest BCUT2D eigenvalue weighted by molar-refractivity contribution is 6.29. The summed E-state index contributed by atoms with van der Waals surface area (Å²) in [5.74, 6) is 0.512. The maximum absolute atomic E-state index is 5.99. The molecule has 0 fully saturated rings. The third-order valence-electron chi connectivity index (χ3n) is 2.35. The molecule has 0 unspecified atom stereocenters. The lowest BCUT2D eigenvalue weighted by molar-refractivity contribution is 0.210. The van der Waals surface area contributed by atoms with E-state index in [1.54, 1.807) is 13.2 Å². The van der Waals surface area contributed by atoms with Gasteiger partial charge in [-0.1, -0.05) is 41.9 Å². The SMILES string of the molecule is COCCNc1nc(Cl)cc(-c2ccccc2)n1. The molecule has 0 aliphatic carbocycles. The number of aromatic nitrogens is 2. The predicted octanol–water partition coefficient (Wildman–Crippen LogP) is 2.86. The summed E-state index contributed by atoms with van der Waals surface area (Å²) in [6.45, 7) is 1.24. The minimum Gasteiger partial charge on any atom is -0.383 e. The van der Waals surface area contributed by atoms with Crippen LogP contribution in [0.15, 0.2) is 36.4 Å². The van der Waals surface area contributed by atoms with E-state index >= 15 is 0 Å². The second kappa shape index (κ2) is 6.33. The van der Waals surface area contributed by atoms with E-state index in [4.69, 9.17) is 16.3 Å². The molecule has 0 saturated heterocycles. The van der Waals surface area contributed by atoms with Crippen LogP contribution in [0.25, 0.3) is 11.3 Å². The van der Waals surface area contributed by atoms with E-state index in [2.05, 4.69) is 15.3 Å². The fraction of sp³-hybridized carbons (Fsp3) is 0.231. The molecule has 1 N–H and O–H groups in total. The van der Waals surface area contributed by atoms with Crippen molar-refractivity contribution in [3.63, 3.8) is 0 Å². The summed E-state index contributed by atoms with van der Waals surface area (Å²) in [5, 5.41) is 3.49. The maximum atomic E-state index is 5.99. The fourth-order valence-electron chi connectivity index (χ4n) is 1.52. The minimum atomic E-state index is 0.420. The highest BCUT2D eigenvalue weighted by atomic mass is 35.5. The average Bonchev–Trinajstić information content (AvgIpc) is 2.39. The van der Waals surface area contributed by atoms with Gasteiger partial charge >= 0.3 is 0 Å². The Labute approximate surface area is 111 Å². The summed E-state index contributed by atoms with van der Waals surface area (Å²) < 4.78 is 4.96. The molecule has 2 aromatic rings. The van der Waals surface area contributed by atoms with Crippen LogP contribution in [0.5, 0.6) is 0 Å². The Morgan fingerprint density at radius 1 is 1.22 bits per heavy atom. The van der Waals surface area contributed by atoms with Crippen molar-refractivity contribution >= 4 is 17.5 Å². The van der Waals surface area contributed by atoms with E-state index in [1.165, 1.54) is 0 Å². The first-order valence-corrected chi connectivity index (χ1v) is 6.00. The van der Waals surface area contributed by atoms with E-state index < -0.39 is 0 Å². The van der Waals surface area contributed by atoms with Crippen molar-refractivity contribution in [1.82, 2.24) is 9.97 Å². The molecule has 0 aliphatic heterocycles. The molecule has 94 valence electrons. The lowest BCUT2D eigenvalue weighted by Gasteiger charge is -2.07. The fourth-order valence-corrected chi connectivity index (χ4v) is 1.70. The zero-order valence-electron chi connectivity index (χ0n) is 10.1. The van der Waals surface area contributed by atoms with Crippen molar-refractivity contribution in [3.8, 4) is 11.3 Å². The van der Waals surface area contributed by atoms with Crippen molar-refractivity contribution in [3.05, 3.63) is 41.6 Å². The Morgan fingerprint density at radius 2 is 2.00 bits per heavy atom. The minimum absolute atomic E-state index is 0.420. The number of benzene rings is 1. The van der Waals surface area contributed by atoms with Gasteiger partial charge < -0.3 is 10.1 Å². The van der Waals surface area contributed by atoms with Gasteiger partial charge in [0.05, 0.1) is 12.3 Å². The third kappa shape index (κ3) is 3.42. The summed E-state index contributed by atoms with van der Waals surface area (Å²) in [7, 11) is 1.65. The second-order valence-electron chi connectivity index (χ2n) is 3.69. The Bertz CT molecular complexity index is 505. The quantitative estimate of drug-likeness (QED) is 0.666. The molecular weight excluding hydrogens is 250 g/mol. The molecule has 0 bridgehead atoms. The van der Waals surface area contributed by atoms with Crippen molar-refractivity contribution in [1.29, 1.82) is 0 Å². The summed E-state index contributed by atoms with van der Waals surface area (Å²) in [4.78, 5) is 8.53. The van der Waals surface area contributed by atoms with Gasteiger partial charge in [0.1, 0.15) is 5.15 Å². The molecule has 1 heterocycles. The van der Waals surface area contributed by atoms with Gasteiger partial charge in [-0.15, -0.1) is 0 Å². The van der Waals surface area contributed by atoms with Crippen LogP contribution < -0.4 is 5.32 Å². The maximum Gasteiger partial charge on any atom is 0.224 e. The van der Waals surface area contributed by atoms with E-state index in [1.807, 2.05) is 30.3 Å². The van der Waals surface area contributed by atoms with Gasteiger partial charge in [-0.2, -0.15) is 0 Å². The predicted molar refractivity (Wildman–Crippen MR) is 72.8 cm³/mol. The number of rotatable bonds is 5. The molecule has 0 atom stereocenters. The van der Waals surface area contributed by atoms with Crippen molar-refractivity contribution in [2.24, 2.45) is 0 Å². The van der Waals surface area contributed by atoms with Crippen LogP contribution in [0.2, 0.25) is 5.15 Å². The zero-order chi connectivity index (χ0) is 12.8. The number of ether oxygens (including phenoxy) is 1. The number of nitrogens with zero attached hydrogens (tertiary/aromatic N) is 2. The molecule has 0 amide bonds. The topological polar surface area (TPSA) is 47.0 Å². The lowest BCUT2D eigenvalue weighted by atomic mass is 10.1. The molecule has 0 aliphatic rings. The standard InChI is InChI=1S/C13H14ClN3O/c1-18-8-7-15-13-16-11(9-12(14)17-13)10-5-3-2-4-6-10/h2-6,9H,7-8H2,1H3,(H,15,16,17). The third-order valence-corrected chi connectivity index (χ3v) is 2.55. The van der Waals surface area contributed by atoms with Gasteiger partial charge in [0.25, 0.3) is 0 Å². The smallest absolute Gasteiger partial charge is 0.224 e. The van der Waals surface area contributed by atoms with Crippen LogP contribution in [0.3, 0.4) is 0 Å². The van der Waals surface area contributed by atoms with Crippen LogP contribution in [-0.4, -0.2) is 30.2 Å². The highest BCUT2D eigenvalue weighted by Gasteiger charge is 2.04. The number of anilines is 1. The molecule has 5 heteroatoms. The highest BCUT2D eigenvalue weighted by Crippen LogP contribution is 2.20. The van der Waals surface area contributed by atoms with Gasteiger partial charge in [0, 0.05) is 25.3 Å². The van der Waals surface area contributed by atoms with Crippen molar-refractivity contribution < 1.29 is 4.74 Å². The monoisotopic (exact) mass is 263 g/mol. The van der Waals surface area contributed by atoms with Gasteiger partial charge in [0.15, 0.2) is 0 Å². The van der Waals surface area contributed by atoms with Gasteiger partial charge in [-0.3, -0.25) is 0 Å². The largest absolute Gasteiger partial charge is 0.383 e. The van der Waals surface area contributed by atoms with Crippen molar-refractivity contribution in [2.45, 2.75) is 0 Å². The van der Waals surface area contributed by atoms with Crippen LogP contribution >= 0.6 is 11.6 Å². The number of halogens is 1. The number of hydrogen-bond acceptors (Lipinski definition) is 4. The second-order valence-corrected chi connectivity index (χ2v) is 4.07. The van der Waals surface area contributed by atoms with Gasteiger partial charge in [0.2, 0.25) is 5.95 Å². The molecule has 1 aromatic carbocycles. The molecule has 0 saturated carbocycles. The Kier molecular flexibility index (Phi) is 4.50. The Morgan fingerprint density at radius 3 is 2.72 bits per heavy atom. The van der Waals surface area contributed by atoms with Gasteiger partial charge in [-0.05, 0) is 0 Å². The number of nitrogens with one attached hydrogen (secondary N) is 1. The molecule has 0 radical (unpaired) electrons. The van der Waals surface area contributed by atoms with Crippen LogP contribution in [-0.2, 0) is 4.74 Å². The lowest BCUT2D eigenvalue weighted by Crippen LogP contribution is -2.10. The Balaban J connectivity index is 2.21. The van der Waals surface area contributed by atoms with E-state index in [9.17, 15) is 0 Å². The first-order valence-electron chi connectivity index (χ1n) is 5.62. The molecule has 1 aromatic heterocycles. The van der Waals surface area contributed by atoms with Crippen LogP contribution in [0.1, 0.15) is 0 Å². The first kappa shape index (κ1) is 12.8. The first-order chi connectivity index (χ1) is 8.79. The number of methoxy groups -OCH3 is 1. The Hall–Kier alpha value is -1.65. The molecule has 4 nitrogen and oxygen atoms in total.